The number of halogens is 1. The summed E-state index contributed by atoms with van der Waals surface area (Å²) >= 11 is 6.52. The first-order chi connectivity index (χ1) is 15.2. The van der Waals surface area contributed by atoms with Gasteiger partial charge in [0.2, 0.25) is 5.91 Å². The van der Waals surface area contributed by atoms with Gasteiger partial charge in [-0.15, -0.1) is 0 Å². The lowest BCUT2D eigenvalue weighted by atomic mass is 9.95. The van der Waals surface area contributed by atoms with Crippen LogP contribution in [0.5, 0.6) is 5.75 Å². The summed E-state index contributed by atoms with van der Waals surface area (Å²) in [6, 6.07) is 12.9. The first kappa shape index (κ1) is 23.9. The summed E-state index contributed by atoms with van der Waals surface area (Å²) in [7, 11) is 0. The third kappa shape index (κ3) is 5.94. The zero-order chi connectivity index (χ0) is 23.3. The normalized spacial score (nSPS) is 14.3. The summed E-state index contributed by atoms with van der Waals surface area (Å²) in [5.41, 5.74) is 1.78. The number of amides is 2. The summed E-state index contributed by atoms with van der Waals surface area (Å²) < 4.78 is 5.59. The van der Waals surface area contributed by atoms with Crippen LogP contribution in [-0.4, -0.2) is 49.5 Å². The van der Waals surface area contributed by atoms with Crippen molar-refractivity contribution in [3.05, 3.63) is 53.1 Å². The molecule has 0 spiro atoms. The van der Waals surface area contributed by atoms with Crippen LogP contribution < -0.4 is 15.0 Å². The minimum atomic E-state index is -0.475. The first-order valence-corrected chi connectivity index (χ1v) is 11.4. The van der Waals surface area contributed by atoms with Crippen LogP contribution in [0, 0.1) is 5.41 Å². The third-order valence-corrected chi connectivity index (χ3v) is 5.67. The number of carbonyl (C=O) groups is 2. The van der Waals surface area contributed by atoms with Gasteiger partial charge < -0.3 is 19.9 Å². The van der Waals surface area contributed by atoms with Crippen LogP contribution in [-0.2, 0) is 4.79 Å². The topological polar surface area (TPSA) is 61.9 Å². The predicted octanol–water partition coefficient (Wildman–Crippen LogP) is 5.08. The fourth-order valence-corrected chi connectivity index (χ4v) is 3.71. The molecule has 1 fully saturated rings. The van der Waals surface area contributed by atoms with Crippen LogP contribution >= 0.6 is 11.6 Å². The third-order valence-electron chi connectivity index (χ3n) is 5.37. The maximum atomic E-state index is 12.9. The van der Waals surface area contributed by atoms with E-state index in [-0.39, 0.29) is 11.8 Å². The molecule has 1 N–H and O–H groups in total. The number of rotatable bonds is 6. The van der Waals surface area contributed by atoms with Crippen LogP contribution in [0.15, 0.2) is 42.5 Å². The number of anilines is 2. The predicted molar refractivity (Wildman–Crippen MR) is 130 cm³/mol. The van der Waals surface area contributed by atoms with Gasteiger partial charge in [-0.3, -0.25) is 9.59 Å². The zero-order valence-corrected chi connectivity index (χ0v) is 20.0. The highest BCUT2D eigenvalue weighted by Gasteiger charge is 2.24. The first-order valence-electron chi connectivity index (χ1n) is 11.1. The van der Waals surface area contributed by atoms with Crippen molar-refractivity contribution in [2.75, 3.05) is 43.0 Å². The Morgan fingerprint density at radius 3 is 2.25 bits per heavy atom. The van der Waals surface area contributed by atoms with Crippen molar-refractivity contribution in [1.82, 2.24) is 4.90 Å². The molecule has 32 heavy (non-hydrogen) atoms. The molecular formula is C25H32ClN3O3. The number of hydrogen-bond acceptors (Lipinski definition) is 4. The fourth-order valence-electron chi connectivity index (χ4n) is 3.41. The van der Waals surface area contributed by atoms with E-state index in [9.17, 15) is 9.59 Å². The Morgan fingerprint density at radius 1 is 1.03 bits per heavy atom. The van der Waals surface area contributed by atoms with Crippen LogP contribution in [0.2, 0.25) is 5.02 Å². The van der Waals surface area contributed by atoms with Gasteiger partial charge in [0.1, 0.15) is 5.75 Å². The van der Waals surface area contributed by atoms with Crippen LogP contribution in [0.4, 0.5) is 11.4 Å². The zero-order valence-electron chi connectivity index (χ0n) is 19.3. The van der Waals surface area contributed by atoms with Crippen molar-refractivity contribution in [1.29, 1.82) is 0 Å². The van der Waals surface area contributed by atoms with E-state index in [1.165, 1.54) is 0 Å². The highest BCUT2D eigenvalue weighted by atomic mass is 35.5. The summed E-state index contributed by atoms with van der Waals surface area (Å²) in [4.78, 5) is 29.1. The van der Waals surface area contributed by atoms with Crippen molar-refractivity contribution >= 4 is 34.8 Å². The Morgan fingerprint density at radius 2 is 1.69 bits per heavy atom. The highest BCUT2D eigenvalue weighted by Crippen LogP contribution is 2.30. The van der Waals surface area contributed by atoms with Gasteiger partial charge in [-0.1, -0.05) is 39.3 Å². The van der Waals surface area contributed by atoms with E-state index in [0.717, 1.165) is 17.9 Å². The number of ether oxygens (including phenoxy) is 1. The summed E-state index contributed by atoms with van der Waals surface area (Å²) in [5.74, 6) is 0.751. The van der Waals surface area contributed by atoms with E-state index >= 15 is 0 Å². The number of piperazine rings is 1. The van der Waals surface area contributed by atoms with Crippen molar-refractivity contribution in [2.45, 2.75) is 34.1 Å². The molecule has 7 heteroatoms. The van der Waals surface area contributed by atoms with Gasteiger partial charge in [0, 0.05) is 42.8 Å². The molecule has 1 aliphatic heterocycles. The van der Waals surface area contributed by atoms with E-state index in [2.05, 4.69) is 17.1 Å². The van der Waals surface area contributed by atoms with Crippen LogP contribution in [0.1, 0.15) is 44.5 Å². The maximum Gasteiger partial charge on any atom is 0.253 e. The largest absolute Gasteiger partial charge is 0.494 e. The van der Waals surface area contributed by atoms with E-state index in [1.54, 1.807) is 6.07 Å². The average molecular weight is 458 g/mol. The molecule has 0 radical (unpaired) electrons. The molecule has 1 saturated heterocycles. The Labute approximate surface area is 195 Å². The van der Waals surface area contributed by atoms with Crippen LogP contribution in [0.25, 0.3) is 0 Å². The molecule has 2 aromatic rings. The Bertz CT molecular complexity index is 946. The van der Waals surface area contributed by atoms with Crippen molar-refractivity contribution in [3.8, 4) is 5.75 Å². The Hall–Kier alpha value is -2.73. The lowest BCUT2D eigenvalue weighted by Crippen LogP contribution is -2.48. The molecule has 3 rings (SSSR count). The summed E-state index contributed by atoms with van der Waals surface area (Å²) in [6.07, 6.45) is 0.948. The van der Waals surface area contributed by atoms with Gasteiger partial charge in [-0.2, -0.15) is 0 Å². The second kappa shape index (κ2) is 10.3. The number of hydrogen-bond donors (Lipinski definition) is 1. The number of benzene rings is 2. The monoisotopic (exact) mass is 457 g/mol. The fraction of sp³-hybridized carbons (Fsp3) is 0.440. The standard InChI is InChI=1S/C25H32ClN3O3/c1-5-16-32-20-9-6-18(7-10-20)23(30)29-14-12-28(13-15-29)22-11-8-19(17-21(22)26)27-24(31)25(2,3)4/h6-11,17H,5,12-16H2,1-4H3,(H,27,31). The van der Waals surface area contributed by atoms with E-state index in [1.807, 2.05) is 62.1 Å². The van der Waals surface area contributed by atoms with Gasteiger partial charge >= 0.3 is 0 Å². The summed E-state index contributed by atoms with van der Waals surface area (Å²) in [6.45, 7) is 11.0. The van der Waals surface area contributed by atoms with Crippen LogP contribution in [0.3, 0.4) is 0 Å². The van der Waals surface area contributed by atoms with Gasteiger partial charge in [-0.25, -0.2) is 0 Å². The Balaban J connectivity index is 1.58. The minimum Gasteiger partial charge on any atom is -0.494 e. The number of nitrogens with one attached hydrogen (secondary N) is 1. The molecule has 0 aliphatic carbocycles. The van der Waals surface area contributed by atoms with Crippen molar-refractivity contribution in [2.24, 2.45) is 5.41 Å². The molecule has 0 aromatic heterocycles. The highest BCUT2D eigenvalue weighted by molar-refractivity contribution is 6.33. The number of nitrogens with zero attached hydrogens (tertiary/aromatic N) is 2. The molecule has 0 unspecified atom stereocenters. The van der Waals surface area contributed by atoms with Gasteiger partial charge in [0.15, 0.2) is 0 Å². The van der Waals surface area contributed by atoms with E-state index in [4.69, 9.17) is 16.3 Å². The molecular weight excluding hydrogens is 426 g/mol. The van der Waals surface area contributed by atoms with Gasteiger partial charge in [-0.05, 0) is 48.9 Å². The number of carbonyl (C=O) groups excluding carboxylic acids is 2. The lowest BCUT2D eigenvalue weighted by Gasteiger charge is -2.36. The second-order valence-corrected chi connectivity index (χ2v) is 9.43. The Kier molecular flexibility index (Phi) is 7.67. The van der Waals surface area contributed by atoms with Gasteiger partial charge in [0.05, 0.1) is 17.3 Å². The maximum absolute atomic E-state index is 12.9. The molecule has 2 amide bonds. The molecule has 0 atom stereocenters. The second-order valence-electron chi connectivity index (χ2n) is 9.02. The van der Waals surface area contributed by atoms with E-state index in [0.29, 0.717) is 49.1 Å². The van der Waals surface area contributed by atoms with Crippen molar-refractivity contribution in [3.63, 3.8) is 0 Å². The average Bonchev–Trinajstić information content (AvgIpc) is 2.77. The molecule has 1 heterocycles. The molecule has 172 valence electrons. The minimum absolute atomic E-state index is 0.0260. The van der Waals surface area contributed by atoms with Gasteiger partial charge in [0.25, 0.3) is 5.91 Å². The van der Waals surface area contributed by atoms with E-state index < -0.39 is 5.41 Å². The molecule has 6 nitrogen and oxygen atoms in total. The molecule has 2 aromatic carbocycles. The quantitative estimate of drug-likeness (QED) is 0.657. The smallest absolute Gasteiger partial charge is 0.253 e. The van der Waals surface area contributed by atoms with Crippen molar-refractivity contribution < 1.29 is 14.3 Å². The molecule has 0 saturated carbocycles. The lowest BCUT2D eigenvalue weighted by molar-refractivity contribution is -0.123. The SMILES string of the molecule is CCCOc1ccc(C(=O)N2CCN(c3ccc(NC(=O)C(C)(C)C)cc3Cl)CC2)cc1. The summed E-state index contributed by atoms with van der Waals surface area (Å²) in [5, 5.41) is 3.49. The molecule has 0 bridgehead atoms. The molecule has 1 aliphatic rings.